The molecule has 3 heteroatoms. The minimum Gasteiger partial charge on any atom is -0.478 e. The first-order valence-electron chi connectivity index (χ1n) is 5.21. The second kappa shape index (κ2) is 5.15. The minimum atomic E-state index is -0.857. The monoisotopic (exact) mass is 197 g/mol. The predicted molar refractivity (Wildman–Crippen MR) is 56.2 cm³/mol. The van der Waals surface area contributed by atoms with Crippen LogP contribution in [0.4, 0.5) is 0 Å². The van der Waals surface area contributed by atoms with Crippen molar-refractivity contribution in [2.45, 2.75) is 20.3 Å². The van der Waals surface area contributed by atoms with Crippen molar-refractivity contribution in [3.05, 3.63) is 12.2 Å². The molecule has 0 aromatic carbocycles. The topological polar surface area (TPSA) is 40.5 Å². The van der Waals surface area contributed by atoms with E-state index in [-0.39, 0.29) is 0 Å². The van der Waals surface area contributed by atoms with Gasteiger partial charge in [-0.25, -0.2) is 4.79 Å². The van der Waals surface area contributed by atoms with Gasteiger partial charge in [0.1, 0.15) is 0 Å². The molecule has 0 saturated carbocycles. The fourth-order valence-electron chi connectivity index (χ4n) is 1.88. The molecule has 1 fully saturated rings. The van der Waals surface area contributed by atoms with Gasteiger partial charge < -0.3 is 5.11 Å². The van der Waals surface area contributed by atoms with Crippen molar-refractivity contribution in [3.63, 3.8) is 0 Å². The minimum absolute atomic E-state index is 0.739. The number of carboxylic acid groups (broad SMARTS) is 1. The number of aliphatic carboxylic acids is 1. The first-order chi connectivity index (χ1) is 6.59. The SMILES string of the molecule is CC(C)C1CCN(C/C=C/C(=O)O)C1. The van der Waals surface area contributed by atoms with Crippen molar-refractivity contribution >= 4 is 5.97 Å². The van der Waals surface area contributed by atoms with E-state index in [0.29, 0.717) is 0 Å². The Balaban J connectivity index is 2.26. The van der Waals surface area contributed by atoms with Gasteiger partial charge in [0.05, 0.1) is 0 Å². The summed E-state index contributed by atoms with van der Waals surface area (Å²) >= 11 is 0. The van der Waals surface area contributed by atoms with E-state index >= 15 is 0 Å². The molecule has 1 rings (SSSR count). The Morgan fingerprint density at radius 1 is 1.64 bits per heavy atom. The summed E-state index contributed by atoms with van der Waals surface area (Å²) in [5.41, 5.74) is 0. The summed E-state index contributed by atoms with van der Waals surface area (Å²) in [6.07, 6.45) is 4.20. The van der Waals surface area contributed by atoms with Crippen LogP contribution < -0.4 is 0 Å². The van der Waals surface area contributed by atoms with Crippen LogP contribution in [0, 0.1) is 11.8 Å². The Kier molecular flexibility index (Phi) is 4.14. The molecule has 1 N–H and O–H groups in total. The Bertz CT molecular complexity index is 223. The Labute approximate surface area is 85.4 Å². The lowest BCUT2D eigenvalue weighted by Gasteiger charge is -2.15. The second-order valence-corrected chi connectivity index (χ2v) is 4.29. The second-order valence-electron chi connectivity index (χ2n) is 4.29. The highest BCUT2D eigenvalue weighted by Crippen LogP contribution is 2.23. The van der Waals surface area contributed by atoms with Gasteiger partial charge in [0, 0.05) is 19.2 Å². The summed E-state index contributed by atoms with van der Waals surface area (Å²) in [4.78, 5) is 12.5. The average Bonchev–Trinajstić information content (AvgIpc) is 2.52. The third-order valence-corrected chi connectivity index (χ3v) is 2.88. The van der Waals surface area contributed by atoms with Crippen LogP contribution in [0.25, 0.3) is 0 Å². The van der Waals surface area contributed by atoms with Crippen LogP contribution in [0.2, 0.25) is 0 Å². The smallest absolute Gasteiger partial charge is 0.328 e. The molecular weight excluding hydrogens is 178 g/mol. The fraction of sp³-hybridized carbons (Fsp3) is 0.727. The number of hydrogen-bond donors (Lipinski definition) is 1. The molecule has 0 aromatic rings. The van der Waals surface area contributed by atoms with Crippen LogP contribution in [0.1, 0.15) is 20.3 Å². The Hall–Kier alpha value is -0.830. The van der Waals surface area contributed by atoms with Crippen LogP contribution in [-0.2, 0) is 4.79 Å². The van der Waals surface area contributed by atoms with Crippen molar-refractivity contribution in [3.8, 4) is 0 Å². The molecule has 1 saturated heterocycles. The Morgan fingerprint density at radius 3 is 2.86 bits per heavy atom. The van der Waals surface area contributed by atoms with Crippen LogP contribution in [0.5, 0.6) is 0 Å². The Morgan fingerprint density at radius 2 is 2.36 bits per heavy atom. The molecule has 3 nitrogen and oxygen atoms in total. The molecule has 1 atom stereocenters. The van der Waals surface area contributed by atoms with E-state index in [2.05, 4.69) is 18.7 Å². The maximum Gasteiger partial charge on any atom is 0.328 e. The zero-order valence-corrected chi connectivity index (χ0v) is 8.94. The maximum absolute atomic E-state index is 10.2. The predicted octanol–water partition coefficient (Wildman–Crippen LogP) is 1.61. The van der Waals surface area contributed by atoms with Gasteiger partial charge in [-0.1, -0.05) is 19.9 Å². The fourth-order valence-corrected chi connectivity index (χ4v) is 1.88. The van der Waals surface area contributed by atoms with Gasteiger partial charge in [-0.2, -0.15) is 0 Å². The zero-order valence-electron chi connectivity index (χ0n) is 8.94. The molecule has 1 heterocycles. The summed E-state index contributed by atoms with van der Waals surface area (Å²) in [7, 11) is 0. The third kappa shape index (κ3) is 3.50. The highest BCUT2D eigenvalue weighted by atomic mass is 16.4. The quantitative estimate of drug-likeness (QED) is 0.696. The van der Waals surface area contributed by atoms with Crippen molar-refractivity contribution in [1.29, 1.82) is 0 Å². The van der Waals surface area contributed by atoms with Crippen LogP contribution in [-0.4, -0.2) is 35.6 Å². The molecule has 0 amide bonds. The number of carbonyl (C=O) groups is 1. The first-order valence-corrected chi connectivity index (χ1v) is 5.21. The normalized spacial score (nSPS) is 23.8. The molecule has 14 heavy (non-hydrogen) atoms. The van der Waals surface area contributed by atoms with E-state index in [0.717, 1.165) is 31.5 Å². The number of carboxylic acids is 1. The first kappa shape index (κ1) is 11.2. The molecule has 0 aliphatic carbocycles. The van der Waals surface area contributed by atoms with Gasteiger partial charge in [0.2, 0.25) is 0 Å². The molecule has 1 aliphatic rings. The zero-order chi connectivity index (χ0) is 10.6. The number of likely N-dealkylation sites (tertiary alicyclic amines) is 1. The van der Waals surface area contributed by atoms with Crippen LogP contribution in [0.15, 0.2) is 12.2 Å². The van der Waals surface area contributed by atoms with Gasteiger partial charge >= 0.3 is 5.97 Å². The van der Waals surface area contributed by atoms with Gasteiger partial charge in [0.25, 0.3) is 0 Å². The highest BCUT2D eigenvalue weighted by molar-refractivity contribution is 5.79. The summed E-state index contributed by atoms with van der Waals surface area (Å²) in [6, 6.07) is 0. The van der Waals surface area contributed by atoms with Gasteiger partial charge in [-0.3, -0.25) is 4.90 Å². The number of hydrogen-bond acceptors (Lipinski definition) is 2. The molecule has 0 bridgehead atoms. The molecule has 1 aliphatic heterocycles. The summed E-state index contributed by atoms with van der Waals surface area (Å²) in [5.74, 6) is 0.668. The van der Waals surface area contributed by atoms with Crippen molar-refractivity contribution < 1.29 is 9.90 Å². The molecule has 1 unspecified atom stereocenters. The molecular formula is C11H19NO2. The van der Waals surface area contributed by atoms with Gasteiger partial charge in [-0.05, 0) is 24.8 Å². The highest BCUT2D eigenvalue weighted by Gasteiger charge is 2.23. The van der Waals surface area contributed by atoms with Crippen LogP contribution >= 0.6 is 0 Å². The summed E-state index contributed by atoms with van der Waals surface area (Å²) in [6.45, 7) is 7.49. The largest absolute Gasteiger partial charge is 0.478 e. The average molecular weight is 197 g/mol. The molecule has 80 valence electrons. The lowest BCUT2D eigenvalue weighted by molar-refractivity contribution is -0.131. The van der Waals surface area contributed by atoms with Crippen molar-refractivity contribution in [2.24, 2.45) is 11.8 Å². The third-order valence-electron chi connectivity index (χ3n) is 2.88. The van der Waals surface area contributed by atoms with Gasteiger partial charge in [-0.15, -0.1) is 0 Å². The van der Waals surface area contributed by atoms with E-state index in [1.54, 1.807) is 6.08 Å². The molecule has 0 aromatic heterocycles. The molecule has 0 radical (unpaired) electrons. The molecule has 0 spiro atoms. The maximum atomic E-state index is 10.2. The van der Waals surface area contributed by atoms with Crippen molar-refractivity contribution in [1.82, 2.24) is 4.90 Å². The standard InChI is InChI=1S/C11H19NO2/c1-9(2)10-5-7-12(8-10)6-3-4-11(13)14/h3-4,9-10H,5-8H2,1-2H3,(H,13,14)/b4-3+. The number of rotatable bonds is 4. The lowest BCUT2D eigenvalue weighted by atomic mass is 9.95. The van der Waals surface area contributed by atoms with E-state index in [9.17, 15) is 4.79 Å². The van der Waals surface area contributed by atoms with E-state index in [4.69, 9.17) is 5.11 Å². The van der Waals surface area contributed by atoms with E-state index in [1.807, 2.05) is 0 Å². The number of nitrogens with zero attached hydrogens (tertiary/aromatic N) is 1. The van der Waals surface area contributed by atoms with Gasteiger partial charge in [0.15, 0.2) is 0 Å². The summed E-state index contributed by atoms with van der Waals surface area (Å²) < 4.78 is 0. The van der Waals surface area contributed by atoms with E-state index in [1.165, 1.54) is 12.5 Å². The van der Waals surface area contributed by atoms with Crippen molar-refractivity contribution in [2.75, 3.05) is 19.6 Å². The lowest BCUT2D eigenvalue weighted by Crippen LogP contribution is -2.22. The van der Waals surface area contributed by atoms with Crippen LogP contribution in [0.3, 0.4) is 0 Å². The summed E-state index contributed by atoms with van der Waals surface area (Å²) in [5, 5.41) is 8.42. The van der Waals surface area contributed by atoms with E-state index < -0.39 is 5.97 Å².